The van der Waals surface area contributed by atoms with Crippen molar-refractivity contribution in [3.63, 3.8) is 0 Å². The maximum Gasteiger partial charge on any atom is 0.315 e. The average Bonchev–Trinajstić information content (AvgIpc) is 2.34. The van der Waals surface area contributed by atoms with E-state index < -0.39 is 0 Å². The molecule has 0 aliphatic carbocycles. The van der Waals surface area contributed by atoms with E-state index in [1.807, 2.05) is 13.8 Å². The Morgan fingerprint density at radius 1 is 1.47 bits per heavy atom. The van der Waals surface area contributed by atoms with Crippen LogP contribution in [0.15, 0.2) is 17.6 Å². The summed E-state index contributed by atoms with van der Waals surface area (Å²) in [5, 5.41) is 5.48. The molecule has 0 rings (SSSR count). The molecule has 2 unspecified atom stereocenters. The molecular formula is C12H21N3O2. The van der Waals surface area contributed by atoms with Gasteiger partial charge < -0.3 is 10.6 Å². The summed E-state index contributed by atoms with van der Waals surface area (Å²) in [5.74, 6) is 0. The Hall–Kier alpha value is -1.61. The van der Waals surface area contributed by atoms with Gasteiger partial charge in [-0.2, -0.15) is 0 Å². The van der Waals surface area contributed by atoms with Crippen molar-refractivity contribution in [2.24, 2.45) is 4.99 Å². The molecule has 0 fully saturated rings. The molecule has 0 aromatic rings. The van der Waals surface area contributed by atoms with E-state index in [1.165, 1.54) is 0 Å². The first-order chi connectivity index (χ1) is 8.17. The molecule has 17 heavy (non-hydrogen) atoms. The highest BCUT2D eigenvalue weighted by Gasteiger charge is 2.15. The molecule has 2 atom stereocenters. The van der Waals surface area contributed by atoms with Crippen molar-refractivity contribution < 1.29 is 9.59 Å². The molecule has 96 valence electrons. The second kappa shape index (κ2) is 9.60. The highest BCUT2D eigenvalue weighted by molar-refractivity contribution is 5.74. The zero-order valence-corrected chi connectivity index (χ0v) is 10.5. The van der Waals surface area contributed by atoms with Crippen LogP contribution in [0, 0.1) is 0 Å². The van der Waals surface area contributed by atoms with Crippen LogP contribution in [-0.2, 0) is 4.79 Å². The van der Waals surface area contributed by atoms with E-state index in [1.54, 1.807) is 12.2 Å². The molecule has 0 aliphatic rings. The van der Waals surface area contributed by atoms with Crippen LogP contribution in [0.1, 0.15) is 33.1 Å². The second-order valence-corrected chi connectivity index (χ2v) is 3.77. The summed E-state index contributed by atoms with van der Waals surface area (Å²) in [7, 11) is 0. The first-order valence-electron chi connectivity index (χ1n) is 5.90. The summed E-state index contributed by atoms with van der Waals surface area (Å²) < 4.78 is 0. The Morgan fingerprint density at radius 3 is 2.65 bits per heavy atom. The first kappa shape index (κ1) is 15.4. The summed E-state index contributed by atoms with van der Waals surface area (Å²) in [5.41, 5.74) is 0. The van der Waals surface area contributed by atoms with Crippen LogP contribution in [0.5, 0.6) is 0 Å². The molecule has 2 N–H and O–H groups in total. The molecule has 0 saturated heterocycles. The van der Waals surface area contributed by atoms with E-state index in [2.05, 4.69) is 22.2 Å². The van der Waals surface area contributed by atoms with Gasteiger partial charge in [0.1, 0.15) is 0 Å². The molecule has 5 nitrogen and oxygen atoms in total. The van der Waals surface area contributed by atoms with Crippen molar-refractivity contribution in [1.82, 2.24) is 10.6 Å². The van der Waals surface area contributed by atoms with Crippen molar-refractivity contribution in [3.8, 4) is 0 Å². The number of hydrogen-bond acceptors (Lipinski definition) is 3. The lowest BCUT2D eigenvalue weighted by Crippen LogP contribution is -2.43. The van der Waals surface area contributed by atoms with Crippen molar-refractivity contribution in [2.75, 3.05) is 6.54 Å². The van der Waals surface area contributed by atoms with Crippen LogP contribution >= 0.6 is 0 Å². The quantitative estimate of drug-likeness (QED) is 0.385. The van der Waals surface area contributed by atoms with E-state index >= 15 is 0 Å². The van der Waals surface area contributed by atoms with Gasteiger partial charge >= 0.3 is 6.03 Å². The van der Waals surface area contributed by atoms with Crippen LogP contribution in [0.2, 0.25) is 0 Å². The van der Waals surface area contributed by atoms with Gasteiger partial charge in [-0.25, -0.2) is 14.6 Å². The monoisotopic (exact) mass is 239 g/mol. The maximum absolute atomic E-state index is 11.4. The molecule has 0 aliphatic heterocycles. The van der Waals surface area contributed by atoms with Gasteiger partial charge in [-0.3, -0.25) is 0 Å². The Bertz CT molecular complexity index is 285. The van der Waals surface area contributed by atoms with Gasteiger partial charge in [0.2, 0.25) is 6.08 Å². The zero-order valence-electron chi connectivity index (χ0n) is 10.5. The Morgan fingerprint density at radius 2 is 2.18 bits per heavy atom. The van der Waals surface area contributed by atoms with Gasteiger partial charge in [0.05, 0.1) is 6.04 Å². The molecular weight excluding hydrogens is 218 g/mol. The van der Waals surface area contributed by atoms with Gasteiger partial charge in [-0.15, -0.1) is 6.58 Å². The minimum Gasteiger partial charge on any atom is -0.335 e. The lowest BCUT2D eigenvalue weighted by molar-refractivity contribution is 0.236. The van der Waals surface area contributed by atoms with Crippen LogP contribution in [-0.4, -0.2) is 30.7 Å². The number of carbonyl (C=O) groups excluding carboxylic acids is 2. The summed E-state index contributed by atoms with van der Waals surface area (Å²) in [4.78, 5) is 25.3. The number of nitrogens with one attached hydrogen (secondary N) is 2. The summed E-state index contributed by atoms with van der Waals surface area (Å²) >= 11 is 0. The minimum absolute atomic E-state index is 0.0156. The summed E-state index contributed by atoms with van der Waals surface area (Å²) in [6, 6.07) is -0.277. The summed E-state index contributed by atoms with van der Waals surface area (Å²) in [6.45, 7) is 7.89. The predicted octanol–water partition coefficient (Wildman–Crippen LogP) is 1.75. The van der Waals surface area contributed by atoms with Crippen molar-refractivity contribution >= 4 is 12.1 Å². The molecule has 5 heteroatoms. The molecule has 0 bridgehead atoms. The highest BCUT2D eigenvalue weighted by atomic mass is 16.2. The van der Waals surface area contributed by atoms with Crippen LogP contribution in [0.25, 0.3) is 0 Å². The van der Waals surface area contributed by atoms with E-state index in [9.17, 15) is 9.59 Å². The van der Waals surface area contributed by atoms with Crippen molar-refractivity contribution in [3.05, 3.63) is 12.7 Å². The molecule has 0 spiro atoms. The van der Waals surface area contributed by atoms with E-state index in [-0.39, 0.29) is 18.1 Å². The number of carbonyl (C=O) groups is 1. The van der Waals surface area contributed by atoms with Gasteiger partial charge in [0, 0.05) is 12.6 Å². The fraction of sp³-hybridized carbons (Fsp3) is 0.667. The molecule has 0 saturated carbocycles. The van der Waals surface area contributed by atoms with Crippen molar-refractivity contribution in [2.45, 2.75) is 45.2 Å². The van der Waals surface area contributed by atoms with Crippen molar-refractivity contribution in [1.29, 1.82) is 0 Å². The average molecular weight is 239 g/mol. The Balaban J connectivity index is 4.17. The van der Waals surface area contributed by atoms with Gasteiger partial charge in [-0.05, 0) is 19.3 Å². The summed E-state index contributed by atoms with van der Waals surface area (Å²) in [6.07, 6.45) is 5.41. The standard InChI is InChI=1S/C12H21N3O2/c1-4-7-13-12(17)15-11(6-3)8-10(5-2)14-9-16/h4,10-11H,1,5-8H2,2-3H3,(H2,13,15,17). The number of hydrogen-bond donors (Lipinski definition) is 2. The maximum atomic E-state index is 11.4. The van der Waals surface area contributed by atoms with Gasteiger partial charge in [-0.1, -0.05) is 19.9 Å². The molecule has 0 aromatic carbocycles. The third kappa shape index (κ3) is 7.30. The van der Waals surface area contributed by atoms with E-state index in [0.29, 0.717) is 13.0 Å². The number of rotatable bonds is 8. The Kier molecular flexibility index (Phi) is 8.69. The zero-order chi connectivity index (χ0) is 13.1. The van der Waals surface area contributed by atoms with E-state index in [0.717, 1.165) is 12.8 Å². The third-order valence-corrected chi connectivity index (χ3v) is 2.50. The highest BCUT2D eigenvalue weighted by Crippen LogP contribution is 2.08. The lowest BCUT2D eigenvalue weighted by atomic mass is 10.0. The number of isocyanates is 1. The smallest absolute Gasteiger partial charge is 0.315 e. The van der Waals surface area contributed by atoms with Crippen LogP contribution < -0.4 is 10.6 Å². The molecule has 0 aromatic heterocycles. The minimum atomic E-state index is -0.221. The van der Waals surface area contributed by atoms with Gasteiger partial charge in [0.15, 0.2) is 0 Å². The third-order valence-electron chi connectivity index (χ3n) is 2.50. The van der Waals surface area contributed by atoms with Crippen LogP contribution in [0.3, 0.4) is 0 Å². The molecule has 0 radical (unpaired) electrons. The SMILES string of the molecule is C=CCNC(=O)NC(CC)CC(CC)N=C=O. The normalized spacial score (nSPS) is 13.1. The predicted molar refractivity (Wildman–Crippen MR) is 67.6 cm³/mol. The molecule has 2 amide bonds. The largest absolute Gasteiger partial charge is 0.335 e. The van der Waals surface area contributed by atoms with Crippen LogP contribution in [0.4, 0.5) is 4.79 Å². The topological polar surface area (TPSA) is 70.6 Å². The lowest BCUT2D eigenvalue weighted by Gasteiger charge is -2.19. The fourth-order valence-corrected chi connectivity index (χ4v) is 1.44. The van der Waals surface area contributed by atoms with Gasteiger partial charge in [0.25, 0.3) is 0 Å². The molecule has 0 heterocycles. The van der Waals surface area contributed by atoms with E-state index in [4.69, 9.17) is 0 Å². The number of nitrogens with zero attached hydrogens (tertiary/aromatic N) is 1. The second-order valence-electron chi connectivity index (χ2n) is 3.77. The number of amides is 2. The number of aliphatic imine (C=N–C) groups is 1. The fourth-order valence-electron chi connectivity index (χ4n) is 1.44. The number of urea groups is 1. The first-order valence-corrected chi connectivity index (χ1v) is 5.90. The Labute approximate surface area is 102 Å².